The van der Waals surface area contributed by atoms with Gasteiger partial charge >= 0.3 is 0 Å². The first-order valence-electron chi connectivity index (χ1n) is 9.94. The molecule has 0 spiro atoms. The third-order valence-corrected chi connectivity index (χ3v) is 5.90. The molecule has 2 heterocycles. The quantitative estimate of drug-likeness (QED) is 0.572. The van der Waals surface area contributed by atoms with Gasteiger partial charge in [-0.15, -0.1) is 0 Å². The van der Waals surface area contributed by atoms with Crippen LogP contribution in [0.5, 0.6) is 0 Å². The van der Waals surface area contributed by atoms with Gasteiger partial charge in [0.1, 0.15) is 0 Å². The minimum Gasteiger partial charge on any atom is -0.361 e. The third kappa shape index (κ3) is 3.58. The number of nitrogens with zero attached hydrogens (tertiary/aromatic N) is 2. The number of fused-ring (bicyclic) bond motifs is 1. The summed E-state index contributed by atoms with van der Waals surface area (Å²) in [6.07, 6.45) is 7.10. The van der Waals surface area contributed by atoms with Gasteiger partial charge in [-0.2, -0.15) is 0 Å². The Labute approximate surface area is 156 Å². The van der Waals surface area contributed by atoms with Crippen LogP contribution in [-0.2, 0) is 6.42 Å². The number of rotatable bonds is 5. The number of aliphatic imine (C=N–C) groups is 1. The Balaban J connectivity index is 1.29. The van der Waals surface area contributed by atoms with Crippen LogP contribution in [0, 0.1) is 6.92 Å². The van der Waals surface area contributed by atoms with Crippen molar-refractivity contribution >= 4 is 16.9 Å². The van der Waals surface area contributed by atoms with Crippen molar-refractivity contribution in [2.75, 3.05) is 20.1 Å². The highest BCUT2D eigenvalue weighted by atomic mass is 15.3. The number of hydrogen-bond acceptors (Lipinski definition) is 2. The van der Waals surface area contributed by atoms with E-state index >= 15 is 0 Å². The van der Waals surface area contributed by atoms with Gasteiger partial charge in [0, 0.05) is 55.4 Å². The van der Waals surface area contributed by atoms with Gasteiger partial charge in [-0.05, 0) is 50.7 Å². The van der Waals surface area contributed by atoms with Crippen molar-refractivity contribution in [3.8, 4) is 0 Å². The first-order valence-corrected chi connectivity index (χ1v) is 9.94. The molecule has 0 radical (unpaired) electrons. The summed E-state index contributed by atoms with van der Waals surface area (Å²) in [5.41, 5.74) is 3.92. The van der Waals surface area contributed by atoms with Crippen LogP contribution in [0.2, 0.25) is 0 Å². The number of hydrogen-bond donors (Lipinski definition) is 3. The zero-order valence-electron chi connectivity index (χ0n) is 16.2. The van der Waals surface area contributed by atoms with E-state index in [4.69, 9.17) is 0 Å². The standard InChI is InChI=1S/C21H31N5/c1-14-5-4-6-19-16(12-24-20(14)19)9-10-23-21(22-3)25-17-11-15(2)26(13-17)18-7-8-18/h4-6,12,15,17-18,24H,7-11,13H2,1-3H3,(H2,22,23,25). The Morgan fingerprint density at radius 3 is 2.96 bits per heavy atom. The van der Waals surface area contributed by atoms with Gasteiger partial charge in [-0.3, -0.25) is 9.89 Å². The largest absolute Gasteiger partial charge is 0.361 e. The number of likely N-dealkylation sites (tertiary alicyclic amines) is 1. The number of aryl methyl sites for hydroxylation is 1. The number of para-hydroxylation sites is 1. The Morgan fingerprint density at radius 2 is 2.19 bits per heavy atom. The second-order valence-corrected chi connectivity index (χ2v) is 7.91. The topological polar surface area (TPSA) is 55.5 Å². The second-order valence-electron chi connectivity index (χ2n) is 7.91. The molecule has 1 aromatic carbocycles. The number of benzene rings is 1. The summed E-state index contributed by atoms with van der Waals surface area (Å²) in [6, 6.07) is 8.53. The summed E-state index contributed by atoms with van der Waals surface area (Å²) in [6.45, 7) is 6.54. The van der Waals surface area contributed by atoms with Crippen molar-refractivity contribution in [3.05, 3.63) is 35.5 Å². The maximum Gasteiger partial charge on any atom is 0.191 e. The maximum absolute atomic E-state index is 4.43. The molecule has 2 aromatic rings. The van der Waals surface area contributed by atoms with Crippen molar-refractivity contribution in [2.45, 2.75) is 57.7 Å². The van der Waals surface area contributed by atoms with Gasteiger partial charge in [0.15, 0.2) is 5.96 Å². The highest BCUT2D eigenvalue weighted by Gasteiger charge is 2.38. The predicted octanol–water partition coefficient (Wildman–Crippen LogP) is 2.81. The lowest BCUT2D eigenvalue weighted by atomic mass is 10.1. The average Bonchev–Trinajstić information content (AvgIpc) is 3.29. The molecule has 0 amide bonds. The SMILES string of the molecule is CN=C(NCCc1c[nH]c2c(C)cccc12)NC1CC(C)N(C2CC2)C1. The molecule has 1 aromatic heterocycles. The lowest BCUT2D eigenvalue weighted by Crippen LogP contribution is -2.45. The molecule has 1 saturated carbocycles. The van der Waals surface area contributed by atoms with Gasteiger partial charge in [0.2, 0.25) is 0 Å². The van der Waals surface area contributed by atoms with Crippen molar-refractivity contribution in [3.63, 3.8) is 0 Å². The number of H-pyrrole nitrogens is 1. The summed E-state index contributed by atoms with van der Waals surface area (Å²) < 4.78 is 0. The van der Waals surface area contributed by atoms with E-state index in [0.29, 0.717) is 12.1 Å². The van der Waals surface area contributed by atoms with E-state index in [9.17, 15) is 0 Å². The molecular weight excluding hydrogens is 322 g/mol. The minimum atomic E-state index is 0.507. The molecule has 1 aliphatic heterocycles. The van der Waals surface area contributed by atoms with E-state index in [1.54, 1.807) is 0 Å². The number of aromatic nitrogens is 1. The molecule has 4 rings (SSSR count). The van der Waals surface area contributed by atoms with E-state index in [1.165, 1.54) is 41.3 Å². The molecular formula is C21H31N5. The molecule has 2 fully saturated rings. The van der Waals surface area contributed by atoms with E-state index in [-0.39, 0.29) is 0 Å². The van der Waals surface area contributed by atoms with Crippen molar-refractivity contribution < 1.29 is 0 Å². The summed E-state index contributed by atoms with van der Waals surface area (Å²) in [4.78, 5) is 10.5. The van der Waals surface area contributed by atoms with Crippen molar-refractivity contribution in [2.24, 2.45) is 4.99 Å². The first-order chi connectivity index (χ1) is 12.7. The second kappa shape index (κ2) is 7.31. The summed E-state index contributed by atoms with van der Waals surface area (Å²) >= 11 is 0. The van der Waals surface area contributed by atoms with E-state index < -0.39 is 0 Å². The summed E-state index contributed by atoms with van der Waals surface area (Å²) in [5.74, 6) is 0.927. The summed E-state index contributed by atoms with van der Waals surface area (Å²) in [7, 11) is 1.86. The van der Waals surface area contributed by atoms with Gasteiger partial charge in [0.25, 0.3) is 0 Å². The van der Waals surface area contributed by atoms with Crippen LogP contribution in [0.15, 0.2) is 29.4 Å². The fraction of sp³-hybridized carbons (Fsp3) is 0.571. The first kappa shape index (κ1) is 17.4. The predicted molar refractivity (Wildman–Crippen MR) is 109 cm³/mol. The molecule has 2 atom stereocenters. The fourth-order valence-corrected chi connectivity index (χ4v) is 4.35. The molecule has 3 N–H and O–H groups in total. The van der Waals surface area contributed by atoms with Crippen molar-refractivity contribution in [1.29, 1.82) is 0 Å². The fourth-order valence-electron chi connectivity index (χ4n) is 4.35. The van der Waals surface area contributed by atoms with Gasteiger partial charge in [0.05, 0.1) is 0 Å². The molecule has 26 heavy (non-hydrogen) atoms. The highest BCUT2D eigenvalue weighted by Crippen LogP contribution is 2.33. The van der Waals surface area contributed by atoms with Crippen LogP contribution in [0.4, 0.5) is 0 Å². The molecule has 1 aliphatic carbocycles. The molecule has 2 unspecified atom stereocenters. The number of guanidine groups is 1. The molecule has 140 valence electrons. The van der Waals surface area contributed by atoms with Crippen LogP contribution >= 0.6 is 0 Å². The molecule has 1 saturated heterocycles. The van der Waals surface area contributed by atoms with Gasteiger partial charge < -0.3 is 15.6 Å². The lowest BCUT2D eigenvalue weighted by molar-refractivity contribution is 0.256. The van der Waals surface area contributed by atoms with Gasteiger partial charge in [-0.25, -0.2) is 0 Å². The van der Waals surface area contributed by atoms with Crippen molar-refractivity contribution in [1.82, 2.24) is 20.5 Å². The van der Waals surface area contributed by atoms with E-state index in [1.807, 2.05) is 7.05 Å². The molecule has 2 aliphatic rings. The Morgan fingerprint density at radius 1 is 1.35 bits per heavy atom. The lowest BCUT2D eigenvalue weighted by Gasteiger charge is -2.20. The molecule has 5 heteroatoms. The van der Waals surface area contributed by atoms with E-state index in [2.05, 4.69) is 63.8 Å². The summed E-state index contributed by atoms with van der Waals surface area (Å²) in [5, 5.41) is 8.45. The maximum atomic E-state index is 4.43. The number of nitrogens with one attached hydrogen (secondary N) is 3. The van der Waals surface area contributed by atoms with Crippen LogP contribution in [0.25, 0.3) is 10.9 Å². The Bertz CT molecular complexity index is 789. The highest BCUT2D eigenvalue weighted by molar-refractivity contribution is 5.86. The van der Waals surface area contributed by atoms with Crippen LogP contribution in [-0.4, -0.2) is 54.1 Å². The van der Waals surface area contributed by atoms with Crippen LogP contribution < -0.4 is 10.6 Å². The normalized spacial score (nSPS) is 24.3. The number of aromatic amines is 1. The monoisotopic (exact) mass is 353 g/mol. The minimum absolute atomic E-state index is 0.507. The Hall–Kier alpha value is -2.01. The zero-order valence-corrected chi connectivity index (χ0v) is 16.2. The smallest absolute Gasteiger partial charge is 0.191 e. The molecule has 5 nitrogen and oxygen atoms in total. The Kier molecular flexibility index (Phi) is 4.90. The van der Waals surface area contributed by atoms with Crippen LogP contribution in [0.1, 0.15) is 37.3 Å². The van der Waals surface area contributed by atoms with Gasteiger partial charge in [-0.1, -0.05) is 18.2 Å². The third-order valence-electron chi connectivity index (χ3n) is 5.90. The zero-order chi connectivity index (χ0) is 18.1. The average molecular weight is 354 g/mol. The molecule has 0 bridgehead atoms. The van der Waals surface area contributed by atoms with Crippen LogP contribution in [0.3, 0.4) is 0 Å². The van der Waals surface area contributed by atoms with E-state index in [0.717, 1.165) is 31.5 Å².